The number of benzene rings is 2. The number of hydrogen-bond donors (Lipinski definition) is 1. The molecule has 22 heavy (non-hydrogen) atoms. The van der Waals surface area contributed by atoms with Gasteiger partial charge >= 0.3 is 0 Å². The van der Waals surface area contributed by atoms with Gasteiger partial charge in [-0.05, 0) is 29.8 Å². The standard InChI is InChI=1S/C17H17FN4/c1-22(2)13-8-6-12(7-9-13)10-19-17-14-4-3-5-15(18)16(14)20-11-21-17/h3-9,11H,10H2,1-2H3,(H,19,20,21). The molecule has 0 aliphatic rings. The lowest BCUT2D eigenvalue weighted by atomic mass is 10.2. The van der Waals surface area contributed by atoms with Crippen LogP contribution >= 0.6 is 0 Å². The van der Waals surface area contributed by atoms with Gasteiger partial charge in [0.1, 0.15) is 23.5 Å². The third-order valence-electron chi connectivity index (χ3n) is 3.53. The fourth-order valence-electron chi connectivity index (χ4n) is 2.29. The minimum absolute atomic E-state index is 0.335. The fraction of sp³-hybridized carbons (Fsp3) is 0.176. The van der Waals surface area contributed by atoms with Gasteiger partial charge in [-0.1, -0.05) is 18.2 Å². The molecule has 0 unspecified atom stereocenters. The summed E-state index contributed by atoms with van der Waals surface area (Å²) in [6.07, 6.45) is 1.38. The molecule has 1 aromatic heterocycles. The van der Waals surface area contributed by atoms with Crippen molar-refractivity contribution in [3.8, 4) is 0 Å². The number of hydrogen-bond acceptors (Lipinski definition) is 4. The molecule has 2 aromatic carbocycles. The molecule has 0 amide bonds. The monoisotopic (exact) mass is 296 g/mol. The normalized spacial score (nSPS) is 10.7. The minimum atomic E-state index is -0.335. The van der Waals surface area contributed by atoms with E-state index < -0.39 is 0 Å². The van der Waals surface area contributed by atoms with Crippen LogP contribution in [0.1, 0.15) is 5.56 Å². The topological polar surface area (TPSA) is 41.0 Å². The Bertz CT molecular complexity index is 784. The molecule has 3 rings (SSSR count). The molecule has 0 fully saturated rings. The maximum absolute atomic E-state index is 13.7. The Kier molecular flexibility index (Phi) is 3.87. The van der Waals surface area contributed by atoms with Crippen molar-refractivity contribution in [1.29, 1.82) is 0 Å². The maximum atomic E-state index is 13.7. The van der Waals surface area contributed by atoms with Gasteiger partial charge in [0.05, 0.1) is 0 Å². The van der Waals surface area contributed by atoms with Crippen LogP contribution in [0.3, 0.4) is 0 Å². The Labute approximate surface area is 128 Å². The number of nitrogens with one attached hydrogen (secondary N) is 1. The molecule has 0 saturated carbocycles. The van der Waals surface area contributed by atoms with E-state index >= 15 is 0 Å². The second-order valence-corrected chi connectivity index (χ2v) is 5.27. The summed E-state index contributed by atoms with van der Waals surface area (Å²) in [4.78, 5) is 10.3. The lowest BCUT2D eigenvalue weighted by molar-refractivity contribution is 0.636. The minimum Gasteiger partial charge on any atom is -0.378 e. The first-order chi connectivity index (χ1) is 10.6. The van der Waals surface area contributed by atoms with Crippen LogP contribution in [0, 0.1) is 5.82 Å². The third-order valence-corrected chi connectivity index (χ3v) is 3.53. The van der Waals surface area contributed by atoms with Gasteiger partial charge in [-0.3, -0.25) is 0 Å². The zero-order valence-corrected chi connectivity index (χ0v) is 12.5. The highest BCUT2D eigenvalue weighted by Crippen LogP contribution is 2.22. The molecule has 0 saturated heterocycles. The summed E-state index contributed by atoms with van der Waals surface area (Å²) < 4.78 is 13.7. The molecule has 4 nitrogen and oxygen atoms in total. The molecule has 0 atom stereocenters. The molecular formula is C17H17FN4. The van der Waals surface area contributed by atoms with E-state index in [0.717, 1.165) is 11.3 Å². The summed E-state index contributed by atoms with van der Waals surface area (Å²) in [5.74, 6) is 0.305. The number of fused-ring (bicyclic) bond motifs is 1. The Morgan fingerprint density at radius 2 is 1.82 bits per heavy atom. The molecule has 0 spiro atoms. The highest BCUT2D eigenvalue weighted by atomic mass is 19.1. The van der Waals surface area contributed by atoms with Gasteiger partial charge in [0.15, 0.2) is 0 Å². The Morgan fingerprint density at radius 1 is 1.05 bits per heavy atom. The molecule has 112 valence electrons. The molecule has 1 heterocycles. The molecule has 0 aliphatic heterocycles. The quantitative estimate of drug-likeness (QED) is 0.800. The number of para-hydroxylation sites is 1. The van der Waals surface area contributed by atoms with Gasteiger partial charge in [-0.15, -0.1) is 0 Å². The summed E-state index contributed by atoms with van der Waals surface area (Å²) in [7, 11) is 4.02. The van der Waals surface area contributed by atoms with Crippen LogP contribution in [0.2, 0.25) is 0 Å². The van der Waals surface area contributed by atoms with Gasteiger partial charge in [0, 0.05) is 31.7 Å². The van der Waals surface area contributed by atoms with Crippen LogP contribution in [0.15, 0.2) is 48.8 Å². The van der Waals surface area contributed by atoms with Gasteiger partial charge in [-0.25, -0.2) is 14.4 Å². The predicted molar refractivity (Wildman–Crippen MR) is 87.6 cm³/mol. The summed E-state index contributed by atoms with van der Waals surface area (Å²) in [5.41, 5.74) is 2.62. The van der Waals surface area contributed by atoms with E-state index in [2.05, 4.69) is 44.5 Å². The second-order valence-electron chi connectivity index (χ2n) is 5.27. The van der Waals surface area contributed by atoms with Crippen molar-refractivity contribution >= 4 is 22.4 Å². The van der Waals surface area contributed by atoms with Crippen molar-refractivity contribution in [1.82, 2.24) is 9.97 Å². The summed E-state index contributed by atoms with van der Waals surface area (Å²) in [6.45, 7) is 0.621. The van der Waals surface area contributed by atoms with Crippen LogP contribution in [0.4, 0.5) is 15.9 Å². The van der Waals surface area contributed by atoms with Gasteiger partial charge in [-0.2, -0.15) is 0 Å². The lowest BCUT2D eigenvalue weighted by Crippen LogP contribution is -2.08. The van der Waals surface area contributed by atoms with E-state index in [4.69, 9.17) is 0 Å². The summed E-state index contributed by atoms with van der Waals surface area (Å²) in [6, 6.07) is 13.1. The maximum Gasteiger partial charge on any atom is 0.149 e. The van der Waals surface area contributed by atoms with E-state index in [1.54, 1.807) is 6.07 Å². The van der Waals surface area contributed by atoms with Crippen LogP contribution in [0.5, 0.6) is 0 Å². The Morgan fingerprint density at radius 3 is 2.55 bits per heavy atom. The highest BCUT2D eigenvalue weighted by molar-refractivity contribution is 5.89. The third kappa shape index (κ3) is 2.83. The van der Waals surface area contributed by atoms with E-state index in [-0.39, 0.29) is 5.82 Å². The molecule has 0 aliphatic carbocycles. The van der Waals surface area contributed by atoms with E-state index in [9.17, 15) is 4.39 Å². The number of aromatic nitrogens is 2. The van der Waals surface area contributed by atoms with E-state index in [1.165, 1.54) is 12.4 Å². The number of halogens is 1. The van der Waals surface area contributed by atoms with E-state index in [0.29, 0.717) is 23.3 Å². The van der Waals surface area contributed by atoms with Gasteiger partial charge < -0.3 is 10.2 Å². The fourth-order valence-corrected chi connectivity index (χ4v) is 2.29. The zero-order valence-electron chi connectivity index (χ0n) is 12.5. The van der Waals surface area contributed by atoms with Crippen molar-refractivity contribution < 1.29 is 4.39 Å². The molecular weight excluding hydrogens is 279 g/mol. The van der Waals surface area contributed by atoms with Crippen molar-refractivity contribution in [3.63, 3.8) is 0 Å². The average molecular weight is 296 g/mol. The zero-order chi connectivity index (χ0) is 15.5. The number of rotatable bonds is 4. The van der Waals surface area contributed by atoms with Crippen LogP contribution < -0.4 is 10.2 Å². The van der Waals surface area contributed by atoms with Crippen molar-refractivity contribution in [2.24, 2.45) is 0 Å². The highest BCUT2D eigenvalue weighted by Gasteiger charge is 2.07. The summed E-state index contributed by atoms with van der Waals surface area (Å²) >= 11 is 0. The number of nitrogens with zero attached hydrogens (tertiary/aromatic N) is 3. The SMILES string of the molecule is CN(C)c1ccc(CNc2ncnc3c(F)cccc23)cc1. The second kappa shape index (κ2) is 5.97. The Balaban J connectivity index is 1.81. The van der Waals surface area contributed by atoms with Crippen molar-refractivity contribution in [3.05, 3.63) is 60.2 Å². The smallest absolute Gasteiger partial charge is 0.149 e. The first kappa shape index (κ1) is 14.3. The van der Waals surface area contributed by atoms with Crippen molar-refractivity contribution in [2.75, 3.05) is 24.3 Å². The average Bonchev–Trinajstić information content (AvgIpc) is 2.54. The lowest BCUT2D eigenvalue weighted by Gasteiger charge is -2.13. The van der Waals surface area contributed by atoms with Crippen LogP contribution in [-0.2, 0) is 6.54 Å². The van der Waals surface area contributed by atoms with E-state index in [1.807, 2.05) is 20.2 Å². The Hall–Kier alpha value is -2.69. The first-order valence-electron chi connectivity index (χ1n) is 7.04. The summed E-state index contributed by atoms with van der Waals surface area (Å²) in [5, 5.41) is 3.94. The molecule has 3 aromatic rings. The molecule has 1 N–H and O–H groups in total. The largest absolute Gasteiger partial charge is 0.378 e. The molecule has 0 radical (unpaired) electrons. The van der Waals surface area contributed by atoms with Crippen LogP contribution in [-0.4, -0.2) is 24.1 Å². The van der Waals surface area contributed by atoms with Crippen LogP contribution in [0.25, 0.3) is 10.9 Å². The number of anilines is 2. The molecule has 5 heteroatoms. The van der Waals surface area contributed by atoms with Gasteiger partial charge in [0.25, 0.3) is 0 Å². The predicted octanol–water partition coefficient (Wildman–Crippen LogP) is 3.45. The molecule has 0 bridgehead atoms. The van der Waals surface area contributed by atoms with Crippen molar-refractivity contribution in [2.45, 2.75) is 6.54 Å². The van der Waals surface area contributed by atoms with Gasteiger partial charge in [0.2, 0.25) is 0 Å². The first-order valence-corrected chi connectivity index (χ1v) is 7.04.